The van der Waals surface area contributed by atoms with Crippen molar-refractivity contribution >= 4 is 16.6 Å². The molecule has 0 saturated heterocycles. The number of phenols is 1. The molecule has 0 fully saturated rings. The molecule has 1 heterocycles. The first-order valence-corrected chi connectivity index (χ1v) is 7.79. The van der Waals surface area contributed by atoms with Gasteiger partial charge in [0.1, 0.15) is 11.6 Å². The molecule has 24 heavy (non-hydrogen) atoms. The summed E-state index contributed by atoms with van der Waals surface area (Å²) in [7, 11) is 0. The lowest BCUT2D eigenvalue weighted by Gasteiger charge is -2.12. The second-order valence-corrected chi connectivity index (χ2v) is 6.15. The van der Waals surface area contributed by atoms with Crippen molar-refractivity contribution in [2.24, 2.45) is 5.92 Å². The number of aromatic hydroxyl groups is 1. The topological polar surface area (TPSA) is 69.9 Å². The number of para-hydroxylation sites is 1. The van der Waals surface area contributed by atoms with Gasteiger partial charge < -0.3 is 10.5 Å². The fraction of sp³-hybridized carbons (Fsp3) is 0.211. The number of phenolic OH excluding ortho intramolecular Hbond substituents is 1. The molecule has 0 aliphatic rings. The van der Waals surface area contributed by atoms with Gasteiger partial charge in [0.15, 0.2) is 5.82 Å². The molecule has 0 saturated carbocycles. The van der Waals surface area contributed by atoms with Crippen molar-refractivity contribution < 1.29 is 9.50 Å². The van der Waals surface area contributed by atoms with Gasteiger partial charge >= 0.3 is 0 Å². The number of nitrogens with zero attached hydrogens (tertiary/aromatic N) is 2. The average molecular weight is 323 g/mol. The Hall–Kier alpha value is -2.82. The number of rotatable bonds is 4. The van der Waals surface area contributed by atoms with Gasteiger partial charge in [-0.3, -0.25) is 0 Å². The molecule has 0 amide bonds. The third kappa shape index (κ3) is 3.11. The summed E-state index contributed by atoms with van der Waals surface area (Å²) in [5.74, 6) is 0.292. The van der Waals surface area contributed by atoms with Crippen LogP contribution in [0.4, 0.5) is 4.39 Å². The highest BCUT2D eigenvalue weighted by atomic mass is 19.1. The molecule has 0 radical (unpaired) electrons. The fourth-order valence-electron chi connectivity index (χ4n) is 2.62. The van der Waals surface area contributed by atoms with Gasteiger partial charge in [-0.2, -0.15) is 0 Å². The van der Waals surface area contributed by atoms with E-state index < -0.39 is 0 Å². The monoisotopic (exact) mass is 323 g/mol. The van der Waals surface area contributed by atoms with E-state index in [0.717, 1.165) is 0 Å². The van der Waals surface area contributed by atoms with E-state index in [9.17, 15) is 9.50 Å². The predicted molar refractivity (Wildman–Crippen MR) is 92.9 cm³/mol. The smallest absolute Gasteiger partial charge is 0.164 e. The summed E-state index contributed by atoms with van der Waals surface area (Å²) >= 11 is 0. The Balaban J connectivity index is 2.25. The second kappa shape index (κ2) is 6.35. The van der Waals surface area contributed by atoms with Gasteiger partial charge in [0.2, 0.25) is 0 Å². The molecule has 122 valence electrons. The van der Waals surface area contributed by atoms with E-state index in [2.05, 4.69) is 9.97 Å². The summed E-state index contributed by atoms with van der Waals surface area (Å²) in [6.07, 6.45) is 0.531. The molecule has 0 atom stereocenters. The van der Waals surface area contributed by atoms with Crippen LogP contribution in [-0.4, -0.2) is 20.8 Å². The van der Waals surface area contributed by atoms with E-state index in [-0.39, 0.29) is 17.5 Å². The number of fused-ring (bicyclic) bond motifs is 1. The molecule has 0 aliphatic carbocycles. The molecule has 5 heteroatoms. The zero-order chi connectivity index (χ0) is 17.3. The molecule has 3 aromatic rings. The summed E-state index contributed by atoms with van der Waals surface area (Å²) in [6.45, 7) is 4.03. The highest BCUT2D eigenvalue weighted by molar-refractivity contribution is 6.07. The lowest BCUT2D eigenvalue weighted by atomic mass is 10.0. The van der Waals surface area contributed by atoms with Crippen LogP contribution in [0.15, 0.2) is 42.5 Å². The minimum Gasteiger partial charge on any atom is -0.507 e. The van der Waals surface area contributed by atoms with Crippen molar-refractivity contribution in [3.8, 4) is 17.1 Å². The van der Waals surface area contributed by atoms with Crippen molar-refractivity contribution in [2.45, 2.75) is 20.3 Å². The van der Waals surface area contributed by atoms with Gasteiger partial charge in [0.05, 0.1) is 22.5 Å². The Bertz CT molecular complexity index is 922. The standard InChI is InChI=1S/C19H18FN3O/c1-11(2)9-15(21)18-14-10-12(20)7-8-16(14)22-19(23-18)13-5-3-4-6-17(13)24/h3-8,10-11,21,24H,9H2,1-2H3. The van der Waals surface area contributed by atoms with E-state index in [1.54, 1.807) is 30.3 Å². The maximum atomic E-state index is 13.7. The summed E-state index contributed by atoms with van der Waals surface area (Å²) in [5, 5.41) is 18.9. The van der Waals surface area contributed by atoms with Crippen LogP contribution in [0.2, 0.25) is 0 Å². The highest BCUT2D eigenvalue weighted by Gasteiger charge is 2.16. The predicted octanol–water partition coefficient (Wildman–Crippen LogP) is 4.56. The van der Waals surface area contributed by atoms with E-state index >= 15 is 0 Å². The summed E-state index contributed by atoms with van der Waals surface area (Å²) in [4.78, 5) is 8.90. The maximum absolute atomic E-state index is 13.7. The molecule has 0 unspecified atom stereocenters. The SMILES string of the molecule is CC(C)CC(=N)c1nc(-c2ccccc2O)nc2ccc(F)cc12. The Morgan fingerprint density at radius 1 is 1.17 bits per heavy atom. The maximum Gasteiger partial charge on any atom is 0.164 e. The largest absolute Gasteiger partial charge is 0.507 e. The molecule has 3 rings (SSSR count). The number of hydrogen-bond donors (Lipinski definition) is 2. The van der Waals surface area contributed by atoms with Crippen LogP contribution in [-0.2, 0) is 0 Å². The van der Waals surface area contributed by atoms with Gasteiger partial charge in [0.25, 0.3) is 0 Å². The van der Waals surface area contributed by atoms with Gasteiger partial charge in [-0.05, 0) is 42.7 Å². The minimum atomic E-state index is -0.389. The molecular weight excluding hydrogens is 305 g/mol. The van der Waals surface area contributed by atoms with Crippen molar-refractivity contribution in [3.63, 3.8) is 0 Å². The average Bonchev–Trinajstić information content (AvgIpc) is 2.53. The van der Waals surface area contributed by atoms with Gasteiger partial charge in [-0.25, -0.2) is 14.4 Å². The normalized spacial score (nSPS) is 11.2. The molecule has 0 aliphatic heterocycles. The number of hydrogen-bond acceptors (Lipinski definition) is 4. The van der Waals surface area contributed by atoms with Crippen molar-refractivity contribution in [1.82, 2.24) is 9.97 Å². The quantitative estimate of drug-likeness (QED) is 0.692. The minimum absolute atomic E-state index is 0.0697. The number of nitrogens with one attached hydrogen (secondary N) is 1. The zero-order valence-corrected chi connectivity index (χ0v) is 13.5. The van der Waals surface area contributed by atoms with Crippen LogP contribution < -0.4 is 0 Å². The van der Waals surface area contributed by atoms with Crippen molar-refractivity contribution in [1.29, 1.82) is 5.41 Å². The van der Waals surface area contributed by atoms with Crippen LogP contribution in [0.1, 0.15) is 26.0 Å². The lowest BCUT2D eigenvalue weighted by Crippen LogP contribution is -2.09. The van der Waals surface area contributed by atoms with Gasteiger partial charge in [-0.15, -0.1) is 0 Å². The molecule has 0 spiro atoms. The number of halogens is 1. The van der Waals surface area contributed by atoms with Crippen LogP contribution in [0.3, 0.4) is 0 Å². The van der Waals surface area contributed by atoms with Gasteiger partial charge in [-0.1, -0.05) is 26.0 Å². The number of aromatic nitrogens is 2. The van der Waals surface area contributed by atoms with Crippen molar-refractivity contribution in [2.75, 3.05) is 0 Å². The third-order valence-electron chi connectivity index (χ3n) is 3.70. The van der Waals surface area contributed by atoms with Crippen LogP contribution in [0.25, 0.3) is 22.3 Å². The zero-order valence-electron chi connectivity index (χ0n) is 13.5. The molecule has 2 N–H and O–H groups in total. The summed E-state index contributed by atoms with van der Waals surface area (Å²) in [6, 6.07) is 11.0. The lowest BCUT2D eigenvalue weighted by molar-refractivity contribution is 0.477. The highest BCUT2D eigenvalue weighted by Crippen LogP contribution is 2.29. The molecular formula is C19H18FN3O. The Morgan fingerprint density at radius 2 is 1.92 bits per heavy atom. The Morgan fingerprint density at radius 3 is 2.62 bits per heavy atom. The first-order chi connectivity index (χ1) is 11.5. The van der Waals surface area contributed by atoms with E-state index in [1.165, 1.54) is 12.1 Å². The summed E-state index contributed by atoms with van der Waals surface area (Å²) in [5.41, 5.74) is 1.78. The van der Waals surface area contributed by atoms with E-state index in [4.69, 9.17) is 5.41 Å². The Labute approximate surface area is 139 Å². The Kier molecular flexibility index (Phi) is 4.25. The van der Waals surface area contributed by atoms with Crippen LogP contribution in [0.5, 0.6) is 5.75 Å². The molecule has 0 bridgehead atoms. The van der Waals surface area contributed by atoms with E-state index in [0.29, 0.717) is 40.1 Å². The first-order valence-electron chi connectivity index (χ1n) is 7.79. The molecule has 1 aromatic heterocycles. The fourth-order valence-corrected chi connectivity index (χ4v) is 2.62. The van der Waals surface area contributed by atoms with Crippen LogP contribution >= 0.6 is 0 Å². The molecule has 2 aromatic carbocycles. The molecule has 4 nitrogen and oxygen atoms in total. The first kappa shape index (κ1) is 16.1. The number of benzene rings is 2. The van der Waals surface area contributed by atoms with Gasteiger partial charge in [0, 0.05) is 5.39 Å². The van der Waals surface area contributed by atoms with Crippen LogP contribution in [0, 0.1) is 17.1 Å². The van der Waals surface area contributed by atoms with E-state index in [1.807, 2.05) is 13.8 Å². The summed E-state index contributed by atoms with van der Waals surface area (Å²) < 4.78 is 13.7. The van der Waals surface area contributed by atoms with Crippen molar-refractivity contribution in [3.05, 3.63) is 54.0 Å². The third-order valence-corrected chi connectivity index (χ3v) is 3.70. The second-order valence-electron chi connectivity index (χ2n) is 6.15.